The SMILES string of the molecule is C=C/C=c1/cc(N)cc2c1=C(N)C(=O)N(O)C2=O. The van der Waals surface area contributed by atoms with Crippen LogP contribution in [0.2, 0.25) is 0 Å². The van der Waals surface area contributed by atoms with Gasteiger partial charge in [0.2, 0.25) is 0 Å². The van der Waals surface area contributed by atoms with Crippen molar-refractivity contribution in [2.24, 2.45) is 5.73 Å². The zero-order chi connectivity index (χ0) is 13.4. The number of hydrogen-bond acceptors (Lipinski definition) is 5. The number of imide groups is 1. The van der Waals surface area contributed by atoms with Crippen LogP contribution in [0.25, 0.3) is 11.8 Å². The van der Waals surface area contributed by atoms with Crippen LogP contribution in [-0.2, 0) is 4.79 Å². The fourth-order valence-corrected chi connectivity index (χ4v) is 1.84. The van der Waals surface area contributed by atoms with Gasteiger partial charge in [-0.15, -0.1) is 5.06 Å². The largest absolute Gasteiger partial charge is 0.399 e. The standard InChI is InChI=1S/C12H11N3O3/c1-2-3-6-4-7(13)5-8-9(6)10(14)12(17)15(18)11(8)16/h2-5,18H,1,13-14H2/b6-3-. The van der Waals surface area contributed by atoms with Crippen LogP contribution in [0.4, 0.5) is 5.69 Å². The maximum absolute atomic E-state index is 11.8. The number of nitrogens with zero attached hydrogens (tertiary/aromatic N) is 1. The van der Waals surface area contributed by atoms with Crippen LogP contribution in [0.15, 0.2) is 24.8 Å². The summed E-state index contributed by atoms with van der Waals surface area (Å²) < 4.78 is 0. The van der Waals surface area contributed by atoms with Crippen molar-refractivity contribution in [3.63, 3.8) is 0 Å². The molecule has 2 amide bonds. The summed E-state index contributed by atoms with van der Waals surface area (Å²) in [6, 6.07) is 2.93. The molecule has 0 saturated heterocycles. The normalized spacial score (nSPS) is 15.9. The third-order valence-electron chi connectivity index (χ3n) is 2.60. The van der Waals surface area contributed by atoms with Crippen molar-refractivity contribution >= 4 is 29.3 Å². The molecule has 0 saturated carbocycles. The Kier molecular flexibility index (Phi) is 2.64. The summed E-state index contributed by atoms with van der Waals surface area (Å²) in [5.41, 5.74) is 11.5. The van der Waals surface area contributed by atoms with E-state index in [4.69, 9.17) is 11.5 Å². The van der Waals surface area contributed by atoms with Crippen LogP contribution in [0.1, 0.15) is 10.4 Å². The molecule has 0 bridgehead atoms. The lowest BCUT2D eigenvalue weighted by molar-refractivity contribution is -0.147. The maximum atomic E-state index is 11.8. The summed E-state index contributed by atoms with van der Waals surface area (Å²) in [5.74, 6) is -1.80. The monoisotopic (exact) mass is 245 g/mol. The molecule has 0 unspecified atom stereocenters. The quantitative estimate of drug-likeness (QED) is 0.323. The fraction of sp³-hybridized carbons (Fsp3) is 0. The molecule has 6 heteroatoms. The second-order valence-corrected chi connectivity index (χ2v) is 3.77. The smallest absolute Gasteiger partial charge is 0.301 e. The summed E-state index contributed by atoms with van der Waals surface area (Å²) in [5, 5.41) is 10.1. The lowest BCUT2D eigenvalue weighted by Gasteiger charge is -2.19. The molecule has 0 spiro atoms. The highest BCUT2D eigenvalue weighted by atomic mass is 16.5. The van der Waals surface area contributed by atoms with Crippen molar-refractivity contribution in [2.45, 2.75) is 0 Å². The molecule has 5 N–H and O–H groups in total. The van der Waals surface area contributed by atoms with Crippen LogP contribution < -0.4 is 21.9 Å². The number of hydrogen-bond donors (Lipinski definition) is 3. The zero-order valence-electron chi connectivity index (χ0n) is 9.38. The van der Waals surface area contributed by atoms with Crippen LogP contribution in [-0.4, -0.2) is 22.1 Å². The lowest BCUT2D eigenvalue weighted by Crippen LogP contribution is -2.50. The Morgan fingerprint density at radius 1 is 1.22 bits per heavy atom. The number of fused-ring (bicyclic) bond motifs is 1. The summed E-state index contributed by atoms with van der Waals surface area (Å²) >= 11 is 0. The first kappa shape index (κ1) is 11.9. The number of allylic oxidation sites excluding steroid dienone is 1. The fourth-order valence-electron chi connectivity index (χ4n) is 1.84. The van der Waals surface area contributed by atoms with E-state index in [1.54, 1.807) is 12.1 Å². The molecule has 0 atom stereocenters. The number of carbonyl (C=O) groups is 2. The Morgan fingerprint density at radius 3 is 2.50 bits per heavy atom. The van der Waals surface area contributed by atoms with Gasteiger partial charge in [-0.25, -0.2) is 0 Å². The first-order valence-corrected chi connectivity index (χ1v) is 5.07. The van der Waals surface area contributed by atoms with E-state index in [9.17, 15) is 14.8 Å². The molecule has 1 aromatic rings. The minimum Gasteiger partial charge on any atom is -0.399 e. The number of nitrogens with two attached hydrogens (primary N) is 2. The topological polar surface area (TPSA) is 110 Å². The second-order valence-electron chi connectivity index (χ2n) is 3.77. The molecule has 1 aliphatic rings. The van der Waals surface area contributed by atoms with Gasteiger partial charge in [0.05, 0.1) is 5.56 Å². The molecule has 1 aromatic carbocycles. The highest BCUT2D eigenvalue weighted by molar-refractivity contribution is 6.23. The van der Waals surface area contributed by atoms with E-state index in [0.717, 1.165) is 0 Å². The van der Waals surface area contributed by atoms with Gasteiger partial charge in [0, 0.05) is 10.9 Å². The van der Waals surface area contributed by atoms with Crippen molar-refractivity contribution < 1.29 is 14.8 Å². The minimum atomic E-state index is -0.948. The van der Waals surface area contributed by atoms with E-state index in [1.807, 2.05) is 0 Å². The van der Waals surface area contributed by atoms with Crippen molar-refractivity contribution in [2.75, 3.05) is 5.73 Å². The van der Waals surface area contributed by atoms with Gasteiger partial charge >= 0.3 is 5.91 Å². The minimum absolute atomic E-state index is 0.0191. The molecule has 92 valence electrons. The van der Waals surface area contributed by atoms with Gasteiger partial charge in [0.15, 0.2) is 0 Å². The van der Waals surface area contributed by atoms with Gasteiger partial charge in [0.1, 0.15) is 5.70 Å². The highest BCUT2D eigenvalue weighted by Gasteiger charge is 2.30. The van der Waals surface area contributed by atoms with Crippen molar-refractivity contribution in [1.29, 1.82) is 0 Å². The summed E-state index contributed by atoms with van der Waals surface area (Å²) in [6.07, 6.45) is 3.07. The molecule has 0 aliphatic carbocycles. The van der Waals surface area contributed by atoms with E-state index < -0.39 is 11.8 Å². The predicted molar refractivity (Wildman–Crippen MR) is 65.3 cm³/mol. The Morgan fingerprint density at radius 2 is 1.89 bits per heavy atom. The molecule has 1 heterocycles. The van der Waals surface area contributed by atoms with Gasteiger partial charge in [-0.1, -0.05) is 18.7 Å². The van der Waals surface area contributed by atoms with Crippen molar-refractivity contribution in [3.05, 3.63) is 40.8 Å². The maximum Gasteiger partial charge on any atom is 0.301 e. The van der Waals surface area contributed by atoms with Crippen LogP contribution in [0, 0.1) is 0 Å². The predicted octanol–water partition coefficient (Wildman–Crippen LogP) is -1.33. The molecule has 2 rings (SSSR count). The molecule has 0 radical (unpaired) electrons. The Balaban J connectivity index is 3.03. The molecule has 6 nitrogen and oxygen atoms in total. The molecular formula is C12H11N3O3. The number of hydroxylamine groups is 2. The number of benzene rings is 1. The lowest BCUT2D eigenvalue weighted by atomic mass is 10.0. The molecular weight excluding hydrogens is 234 g/mol. The molecule has 0 fully saturated rings. The Hall–Kier alpha value is -2.60. The Labute approximate surface area is 102 Å². The van der Waals surface area contributed by atoms with E-state index in [1.165, 1.54) is 12.1 Å². The number of nitrogen functional groups attached to an aromatic ring is 1. The van der Waals surface area contributed by atoms with Gasteiger partial charge < -0.3 is 11.5 Å². The third-order valence-corrected chi connectivity index (χ3v) is 2.60. The van der Waals surface area contributed by atoms with E-state index >= 15 is 0 Å². The van der Waals surface area contributed by atoms with Crippen molar-refractivity contribution in [1.82, 2.24) is 5.06 Å². The number of amides is 2. The summed E-state index contributed by atoms with van der Waals surface area (Å²) in [7, 11) is 0. The number of rotatable bonds is 1. The summed E-state index contributed by atoms with van der Waals surface area (Å²) in [4.78, 5) is 23.3. The number of carbonyl (C=O) groups excluding carboxylic acids is 2. The molecule has 0 aromatic heterocycles. The first-order valence-electron chi connectivity index (χ1n) is 5.07. The molecule has 18 heavy (non-hydrogen) atoms. The second kappa shape index (κ2) is 4.01. The van der Waals surface area contributed by atoms with E-state index in [0.29, 0.717) is 10.9 Å². The van der Waals surface area contributed by atoms with Gasteiger partial charge in [-0.05, 0) is 17.4 Å². The van der Waals surface area contributed by atoms with E-state index in [-0.39, 0.29) is 21.5 Å². The van der Waals surface area contributed by atoms with Crippen LogP contribution in [0.3, 0.4) is 0 Å². The van der Waals surface area contributed by atoms with E-state index in [2.05, 4.69) is 6.58 Å². The summed E-state index contributed by atoms with van der Waals surface area (Å²) in [6.45, 7) is 3.54. The van der Waals surface area contributed by atoms with Crippen molar-refractivity contribution in [3.8, 4) is 0 Å². The first-order chi connectivity index (χ1) is 8.47. The van der Waals surface area contributed by atoms with Gasteiger partial charge in [0.25, 0.3) is 5.91 Å². The number of anilines is 1. The average molecular weight is 245 g/mol. The molecule has 1 aliphatic heterocycles. The average Bonchev–Trinajstić information content (AvgIpc) is 2.33. The van der Waals surface area contributed by atoms with Crippen LogP contribution >= 0.6 is 0 Å². The van der Waals surface area contributed by atoms with Crippen LogP contribution in [0.5, 0.6) is 0 Å². The Bertz CT molecular complexity index is 691. The highest BCUT2D eigenvalue weighted by Crippen LogP contribution is 2.09. The van der Waals surface area contributed by atoms with Gasteiger partial charge in [-0.2, -0.15) is 0 Å². The van der Waals surface area contributed by atoms with Gasteiger partial charge in [-0.3, -0.25) is 14.8 Å². The third kappa shape index (κ3) is 1.56. The zero-order valence-corrected chi connectivity index (χ0v) is 9.38.